The number of nitrogens with zero attached hydrogens (tertiary/aromatic N) is 2. The molecular formula is C14H15BrFN3OS. The maximum absolute atomic E-state index is 13.6. The minimum absolute atomic E-state index is 0.0601. The number of aromatic amines is 1. The molecule has 3 rings (SSSR count). The lowest BCUT2D eigenvalue weighted by Crippen LogP contribution is -2.34. The van der Waals surface area contributed by atoms with Crippen molar-refractivity contribution in [3.8, 4) is 0 Å². The highest BCUT2D eigenvalue weighted by Crippen LogP contribution is 2.26. The van der Waals surface area contributed by atoms with Gasteiger partial charge in [0, 0.05) is 19.2 Å². The summed E-state index contributed by atoms with van der Waals surface area (Å²) in [6.07, 6.45) is 2.10. The Labute approximate surface area is 135 Å². The van der Waals surface area contributed by atoms with Crippen LogP contribution in [0.15, 0.2) is 16.6 Å². The van der Waals surface area contributed by atoms with Crippen molar-refractivity contribution in [1.82, 2.24) is 14.5 Å². The number of H-pyrrole nitrogens is 1. The number of carbonyl (C=O) groups excluding carboxylic acids is 1. The molecule has 0 radical (unpaired) electrons. The zero-order valence-electron chi connectivity index (χ0n) is 11.5. The average Bonchev–Trinajstić information content (AvgIpc) is 3.06. The van der Waals surface area contributed by atoms with Crippen molar-refractivity contribution in [1.29, 1.82) is 0 Å². The highest BCUT2D eigenvalue weighted by molar-refractivity contribution is 9.10. The number of fused-ring (bicyclic) bond motifs is 1. The first kappa shape index (κ1) is 14.7. The minimum atomic E-state index is -0.401. The van der Waals surface area contributed by atoms with Crippen molar-refractivity contribution in [2.45, 2.75) is 25.8 Å². The van der Waals surface area contributed by atoms with Crippen LogP contribution < -0.4 is 0 Å². The van der Waals surface area contributed by atoms with E-state index in [4.69, 9.17) is 12.2 Å². The van der Waals surface area contributed by atoms with Crippen molar-refractivity contribution < 1.29 is 9.18 Å². The van der Waals surface area contributed by atoms with Gasteiger partial charge in [-0.3, -0.25) is 4.79 Å². The Morgan fingerprint density at radius 2 is 2.10 bits per heavy atom. The van der Waals surface area contributed by atoms with Crippen LogP contribution in [-0.2, 0) is 4.79 Å². The Balaban J connectivity index is 2.06. The Morgan fingerprint density at radius 3 is 2.76 bits per heavy atom. The van der Waals surface area contributed by atoms with E-state index in [0.29, 0.717) is 14.8 Å². The number of aromatic nitrogens is 2. The third-order valence-electron chi connectivity index (χ3n) is 3.92. The van der Waals surface area contributed by atoms with Crippen LogP contribution in [0, 0.1) is 10.6 Å². The number of amides is 1. The van der Waals surface area contributed by atoms with Gasteiger partial charge in [-0.25, -0.2) is 4.39 Å². The SMILES string of the molecule is CC(C(=O)N1CCCC1)n1c(=S)[nH]c2cc(F)c(Br)cc21. The second kappa shape index (κ2) is 5.53. The Hall–Kier alpha value is -1.21. The molecule has 7 heteroatoms. The largest absolute Gasteiger partial charge is 0.341 e. The molecule has 1 aromatic carbocycles. The molecule has 2 heterocycles. The molecule has 1 N–H and O–H groups in total. The van der Waals surface area contributed by atoms with Gasteiger partial charge in [0.05, 0.1) is 15.5 Å². The van der Waals surface area contributed by atoms with Gasteiger partial charge in [0.1, 0.15) is 11.9 Å². The Bertz CT molecular complexity index is 763. The van der Waals surface area contributed by atoms with Crippen LogP contribution >= 0.6 is 28.1 Å². The molecule has 1 saturated heterocycles. The summed E-state index contributed by atoms with van der Waals surface area (Å²) in [7, 11) is 0. The van der Waals surface area contributed by atoms with Gasteiger partial charge in [0.15, 0.2) is 4.77 Å². The van der Waals surface area contributed by atoms with Gasteiger partial charge >= 0.3 is 0 Å². The van der Waals surface area contributed by atoms with Crippen LogP contribution in [0.2, 0.25) is 0 Å². The fourth-order valence-corrected chi connectivity index (χ4v) is 3.52. The molecule has 1 atom stereocenters. The van der Waals surface area contributed by atoms with Crippen molar-refractivity contribution >= 4 is 45.1 Å². The van der Waals surface area contributed by atoms with Crippen LogP contribution in [-0.4, -0.2) is 33.4 Å². The first-order chi connectivity index (χ1) is 9.99. The Kier molecular flexibility index (Phi) is 3.88. The summed E-state index contributed by atoms with van der Waals surface area (Å²) in [5.74, 6) is -0.297. The predicted octanol–water partition coefficient (Wildman–Crippen LogP) is 3.78. The molecule has 2 aromatic rings. The van der Waals surface area contributed by atoms with Crippen LogP contribution in [0.1, 0.15) is 25.8 Å². The topological polar surface area (TPSA) is 41.0 Å². The third-order valence-corrected chi connectivity index (χ3v) is 4.83. The van der Waals surface area contributed by atoms with Gasteiger partial charge < -0.3 is 14.5 Å². The standard InChI is InChI=1S/C14H15BrFN3OS/c1-8(13(20)18-4-2-3-5-18)19-12-6-9(15)10(16)7-11(12)17-14(19)21/h6-8H,2-5H2,1H3,(H,17,21). The van der Waals surface area contributed by atoms with Gasteiger partial charge in [-0.15, -0.1) is 0 Å². The molecule has 1 fully saturated rings. The number of nitrogens with one attached hydrogen (secondary N) is 1. The summed E-state index contributed by atoms with van der Waals surface area (Å²) in [6.45, 7) is 3.44. The number of rotatable bonds is 2. The number of imidazole rings is 1. The highest BCUT2D eigenvalue weighted by Gasteiger charge is 2.26. The van der Waals surface area contributed by atoms with E-state index >= 15 is 0 Å². The van der Waals surface area contributed by atoms with Gasteiger partial charge in [-0.2, -0.15) is 0 Å². The van der Waals surface area contributed by atoms with Gasteiger partial charge in [0.25, 0.3) is 0 Å². The highest BCUT2D eigenvalue weighted by atomic mass is 79.9. The molecule has 112 valence electrons. The van der Waals surface area contributed by atoms with Gasteiger partial charge in [0.2, 0.25) is 5.91 Å². The third kappa shape index (κ3) is 2.53. The van der Waals surface area contributed by atoms with E-state index in [1.54, 1.807) is 10.6 Å². The summed E-state index contributed by atoms with van der Waals surface area (Å²) < 4.78 is 16.2. The van der Waals surface area contributed by atoms with Crippen LogP contribution in [0.3, 0.4) is 0 Å². The minimum Gasteiger partial charge on any atom is -0.341 e. The molecule has 1 aliphatic rings. The van der Waals surface area contributed by atoms with Crippen molar-refractivity contribution in [2.24, 2.45) is 0 Å². The molecular weight excluding hydrogens is 357 g/mol. The zero-order valence-corrected chi connectivity index (χ0v) is 13.9. The van der Waals surface area contributed by atoms with E-state index in [1.807, 2.05) is 11.8 Å². The van der Waals surface area contributed by atoms with E-state index in [2.05, 4.69) is 20.9 Å². The summed E-state index contributed by atoms with van der Waals surface area (Å²) in [6, 6.07) is 2.64. The second-order valence-corrected chi connectivity index (χ2v) is 6.53. The smallest absolute Gasteiger partial charge is 0.245 e. The van der Waals surface area contributed by atoms with Crippen LogP contribution in [0.5, 0.6) is 0 Å². The molecule has 0 aliphatic carbocycles. The van der Waals surface area contributed by atoms with Crippen molar-refractivity contribution in [3.63, 3.8) is 0 Å². The van der Waals surface area contributed by atoms with E-state index in [9.17, 15) is 9.18 Å². The van der Waals surface area contributed by atoms with Gasteiger partial charge in [-0.05, 0) is 54.0 Å². The predicted molar refractivity (Wildman–Crippen MR) is 85.3 cm³/mol. The van der Waals surface area contributed by atoms with E-state index in [0.717, 1.165) is 31.4 Å². The number of benzene rings is 1. The fourth-order valence-electron chi connectivity index (χ4n) is 2.82. The van der Waals surface area contributed by atoms with Crippen molar-refractivity contribution in [3.05, 3.63) is 27.2 Å². The number of hydrogen-bond acceptors (Lipinski definition) is 2. The molecule has 1 amide bonds. The molecule has 4 nitrogen and oxygen atoms in total. The fraction of sp³-hybridized carbons (Fsp3) is 0.429. The molecule has 1 unspecified atom stereocenters. The van der Waals surface area contributed by atoms with Crippen LogP contribution in [0.25, 0.3) is 11.0 Å². The van der Waals surface area contributed by atoms with Crippen LogP contribution in [0.4, 0.5) is 4.39 Å². The van der Waals surface area contributed by atoms with Crippen molar-refractivity contribution in [2.75, 3.05) is 13.1 Å². The summed E-state index contributed by atoms with van der Waals surface area (Å²) >= 11 is 8.49. The molecule has 0 bridgehead atoms. The number of likely N-dealkylation sites (tertiary alicyclic amines) is 1. The number of hydrogen-bond donors (Lipinski definition) is 1. The quantitative estimate of drug-likeness (QED) is 0.816. The Morgan fingerprint density at radius 1 is 1.43 bits per heavy atom. The lowest BCUT2D eigenvalue weighted by molar-refractivity contribution is -0.133. The first-order valence-electron chi connectivity index (χ1n) is 6.87. The molecule has 1 aromatic heterocycles. The summed E-state index contributed by atoms with van der Waals surface area (Å²) in [5, 5.41) is 0. The van der Waals surface area contributed by atoms with E-state index < -0.39 is 6.04 Å². The lowest BCUT2D eigenvalue weighted by atomic mass is 10.2. The molecule has 1 aliphatic heterocycles. The molecule has 0 spiro atoms. The second-order valence-electron chi connectivity index (χ2n) is 5.29. The summed E-state index contributed by atoms with van der Waals surface area (Å²) in [4.78, 5) is 17.4. The normalized spacial score (nSPS) is 16.6. The molecule has 21 heavy (non-hydrogen) atoms. The van der Waals surface area contributed by atoms with E-state index in [-0.39, 0.29) is 11.7 Å². The zero-order chi connectivity index (χ0) is 15.1. The lowest BCUT2D eigenvalue weighted by Gasteiger charge is -2.21. The summed E-state index contributed by atoms with van der Waals surface area (Å²) in [5.41, 5.74) is 1.33. The maximum atomic E-state index is 13.6. The maximum Gasteiger partial charge on any atom is 0.245 e. The first-order valence-corrected chi connectivity index (χ1v) is 8.07. The molecule has 0 saturated carbocycles. The van der Waals surface area contributed by atoms with Gasteiger partial charge in [-0.1, -0.05) is 0 Å². The number of halogens is 2. The monoisotopic (exact) mass is 371 g/mol. The van der Waals surface area contributed by atoms with E-state index in [1.165, 1.54) is 6.07 Å². The number of carbonyl (C=O) groups is 1. The average molecular weight is 372 g/mol.